The van der Waals surface area contributed by atoms with Gasteiger partial charge in [-0.1, -0.05) is 50.2 Å². The molecule has 0 saturated carbocycles. The molecule has 0 unspecified atom stereocenters. The Morgan fingerprint density at radius 2 is 1.75 bits per heavy atom. The van der Waals surface area contributed by atoms with Crippen molar-refractivity contribution >= 4 is 0 Å². The number of hydrogen-bond donors (Lipinski definition) is 1. The topological polar surface area (TPSA) is 21.3 Å². The monoisotopic (exact) mass is 269 g/mol. The third-order valence-electron chi connectivity index (χ3n) is 3.30. The molecule has 0 aliphatic heterocycles. The Kier molecular flexibility index (Phi) is 5.19. The zero-order valence-corrected chi connectivity index (χ0v) is 12.5. The van der Waals surface area contributed by atoms with Crippen molar-refractivity contribution < 1.29 is 4.74 Å². The number of nitrogens with one attached hydrogen (secondary N) is 1. The highest BCUT2D eigenvalue weighted by atomic mass is 16.5. The van der Waals surface area contributed by atoms with Crippen LogP contribution in [0, 0.1) is 0 Å². The average Bonchev–Trinajstić information content (AvgIpc) is 2.46. The standard InChI is InChI=1S/C18H23NO/c1-14(2)17-8-5-9-18(11-17)20-13-16-7-4-6-15(10-16)12-19-3/h4-11,14,19H,12-13H2,1-3H3. The van der Waals surface area contributed by atoms with Gasteiger partial charge in [0, 0.05) is 6.54 Å². The highest BCUT2D eigenvalue weighted by Crippen LogP contribution is 2.21. The van der Waals surface area contributed by atoms with Crippen LogP contribution < -0.4 is 10.1 Å². The molecule has 0 saturated heterocycles. The summed E-state index contributed by atoms with van der Waals surface area (Å²) in [4.78, 5) is 0. The summed E-state index contributed by atoms with van der Waals surface area (Å²) in [6, 6.07) is 16.8. The second-order valence-corrected chi connectivity index (χ2v) is 5.37. The molecule has 2 aromatic rings. The first kappa shape index (κ1) is 14.6. The van der Waals surface area contributed by atoms with Crippen molar-refractivity contribution in [2.75, 3.05) is 7.05 Å². The van der Waals surface area contributed by atoms with E-state index in [-0.39, 0.29) is 0 Å². The largest absolute Gasteiger partial charge is 0.489 e. The van der Waals surface area contributed by atoms with Crippen molar-refractivity contribution in [2.45, 2.75) is 32.9 Å². The molecule has 0 atom stereocenters. The minimum Gasteiger partial charge on any atom is -0.489 e. The lowest BCUT2D eigenvalue weighted by Crippen LogP contribution is -2.05. The smallest absolute Gasteiger partial charge is 0.120 e. The summed E-state index contributed by atoms with van der Waals surface area (Å²) in [7, 11) is 1.96. The molecule has 0 aliphatic carbocycles. The van der Waals surface area contributed by atoms with Crippen LogP contribution >= 0.6 is 0 Å². The van der Waals surface area contributed by atoms with Crippen LogP contribution in [0.25, 0.3) is 0 Å². The summed E-state index contributed by atoms with van der Waals surface area (Å²) < 4.78 is 5.90. The Hall–Kier alpha value is -1.80. The van der Waals surface area contributed by atoms with E-state index in [1.807, 2.05) is 13.1 Å². The summed E-state index contributed by atoms with van der Waals surface area (Å²) in [5.74, 6) is 1.47. The fraction of sp³-hybridized carbons (Fsp3) is 0.333. The Bertz CT molecular complexity index is 549. The van der Waals surface area contributed by atoms with E-state index in [2.05, 4.69) is 61.6 Å². The van der Waals surface area contributed by atoms with Crippen LogP contribution in [0.4, 0.5) is 0 Å². The Morgan fingerprint density at radius 3 is 2.50 bits per heavy atom. The van der Waals surface area contributed by atoms with Crippen molar-refractivity contribution in [2.24, 2.45) is 0 Å². The average molecular weight is 269 g/mol. The molecule has 20 heavy (non-hydrogen) atoms. The van der Waals surface area contributed by atoms with Crippen LogP contribution in [0.1, 0.15) is 36.5 Å². The van der Waals surface area contributed by atoms with E-state index in [4.69, 9.17) is 4.74 Å². The predicted octanol–water partition coefficient (Wildman–Crippen LogP) is 4.11. The van der Waals surface area contributed by atoms with Gasteiger partial charge in [-0.2, -0.15) is 0 Å². The summed E-state index contributed by atoms with van der Waals surface area (Å²) in [5.41, 5.74) is 3.80. The van der Waals surface area contributed by atoms with E-state index >= 15 is 0 Å². The minimum atomic E-state index is 0.525. The molecular formula is C18H23NO. The molecular weight excluding hydrogens is 246 g/mol. The predicted molar refractivity (Wildman–Crippen MR) is 84.1 cm³/mol. The van der Waals surface area contributed by atoms with Gasteiger partial charge in [0.25, 0.3) is 0 Å². The maximum atomic E-state index is 5.90. The third kappa shape index (κ3) is 4.10. The van der Waals surface area contributed by atoms with E-state index in [0.29, 0.717) is 12.5 Å². The Balaban J connectivity index is 2.01. The first-order valence-electron chi connectivity index (χ1n) is 7.14. The van der Waals surface area contributed by atoms with Gasteiger partial charge in [-0.15, -0.1) is 0 Å². The van der Waals surface area contributed by atoms with E-state index in [0.717, 1.165) is 12.3 Å². The van der Waals surface area contributed by atoms with Crippen LogP contribution in [0.15, 0.2) is 48.5 Å². The molecule has 0 heterocycles. The normalized spacial score (nSPS) is 10.8. The lowest BCUT2D eigenvalue weighted by atomic mass is 10.0. The summed E-state index contributed by atoms with van der Waals surface area (Å²) in [5, 5.41) is 3.16. The molecule has 0 aromatic heterocycles. The van der Waals surface area contributed by atoms with Gasteiger partial charge in [0.15, 0.2) is 0 Å². The fourth-order valence-corrected chi connectivity index (χ4v) is 2.16. The molecule has 0 bridgehead atoms. The van der Waals surface area contributed by atoms with Gasteiger partial charge in [0.05, 0.1) is 0 Å². The summed E-state index contributed by atoms with van der Waals surface area (Å²) in [6.07, 6.45) is 0. The van der Waals surface area contributed by atoms with Gasteiger partial charge in [-0.25, -0.2) is 0 Å². The number of ether oxygens (including phenoxy) is 1. The maximum absolute atomic E-state index is 5.90. The highest BCUT2D eigenvalue weighted by molar-refractivity contribution is 5.31. The van der Waals surface area contributed by atoms with Crippen molar-refractivity contribution in [1.29, 1.82) is 0 Å². The molecule has 2 rings (SSSR count). The Labute approximate surface area is 121 Å². The van der Waals surface area contributed by atoms with E-state index < -0.39 is 0 Å². The lowest BCUT2D eigenvalue weighted by Gasteiger charge is -2.11. The fourth-order valence-electron chi connectivity index (χ4n) is 2.16. The van der Waals surface area contributed by atoms with Crippen molar-refractivity contribution in [3.8, 4) is 5.75 Å². The van der Waals surface area contributed by atoms with Crippen LogP contribution in [0.3, 0.4) is 0 Å². The quantitative estimate of drug-likeness (QED) is 0.852. The Morgan fingerprint density at radius 1 is 1.00 bits per heavy atom. The van der Waals surface area contributed by atoms with E-state index in [1.165, 1.54) is 16.7 Å². The van der Waals surface area contributed by atoms with Crippen LogP contribution in [0.2, 0.25) is 0 Å². The molecule has 0 fully saturated rings. The zero-order chi connectivity index (χ0) is 14.4. The summed E-state index contributed by atoms with van der Waals surface area (Å²) in [6.45, 7) is 5.89. The third-order valence-corrected chi connectivity index (χ3v) is 3.30. The van der Waals surface area contributed by atoms with Crippen molar-refractivity contribution in [3.05, 3.63) is 65.2 Å². The minimum absolute atomic E-state index is 0.525. The molecule has 0 spiro atoms. The first-order valence-corrected chi connectivity index (χ1v) is 7.14. The lowest BCUT2D eigenvalue weighted by molar-refractivity contribution is 0.305. The summed E-state index contributed by atoms with van der Waals surface area (Å²) >= 11 is 0. The van der Waals surface area contributed by atoms with Gasteiger partial charge in [-0.05, 0) is 41.8 Å². The van der Waals surface area contributed by atoms with Gasteiger partial charge in [0.1, 0.15) is 12.4 Å². The van der Waals surface area contributed by atoms with E-state index in [1.54, 1.807) is 0 Å². The SMILES string of the molecule is CNCc1cccc(COc2cccc(C(C)C)c2)c1. The van der Waals surface area contributed by atoms with Gasteiger partial charge < -0.3 is 10.1 Å². The van der Waals surface area contributed by atoms with Crippen LogP contribution in [-0.4, -0.2) is 7.05 Å². The number of rotatable bonds is 6. The second kappa shape index (κ2) is 7.11. The van der Waals surface area contributed by atoms with Gasteiger partial charge in [0.2, 0.25) is 0 Å². The first-order chi connectivity index (χ1) is 9.69. The van der Waals surface area contributed by atoms with Gasteiger partial charge in [-0.3, -0.25) is 0 Å². The van der Waals surface area contributed by atoms with Crippen molar-refractivity contribution in [3.63, 3.8) is 0 Å². The molecule has 1 N–H and O–H groups in total. The molecule has 0 amide bonds. The molecule has 2 nitrogen and oxygen atoms in total. The number of hydrogen-bond acceptors (Lipinski definition) is 2. The molecule has 106 valence electrons. The van der Waals surface area contributed by atoms with Crippen LogP contribution in [-0.2, 0) is 13.2 Å². The molecule has 0 aliphatic rings. The zero-order valence-electron chi connectivity index (χ0n) is 12.5. The van der Waals surface area contributed by atoms with Crippen LogP contribution in [0.5, 0.6) is 5.75 Å². The van der Waals surface area contributed by atoms with Gasteiger partial charge >= 0.3 is 0 Å². The maximum Gasteiger partial charge on any atom is 0.120 e. The number of benzene rings is 2. The molecule has 2 aromatic carbocycles. The highest BCUT2D eigenvalue weighted by Gasteiger charge is 2.02. The molecule has 2 heteroatoms. The van der Waals surface area contributed by atoms with E-state index in [9.17, 15) is 0 Å². The molecule has 0 radical (unpaired) electrons. The second-order valence-electron chi connectivity index (χ2n) is 5.37. The van der Waals surface area contributed by atoms with Crippen molar-refractivity contribution in [1.82, 2.24) is 5.32 Å².